The summed E-state index contributed by atoms with van der Waals surface area (Å²) in [6, 6.07) is 9.52. The third-order valence-electron chi connectivity index (χ3n) is 4.50. The molecule has 0 saturated heterocycles. The van der Waals surface area contributed by atoms with Gasteiger partial charge in [-0.15, -0.1) is 0 Å². The van der Waals surface area contributed by atoms with Gasteiger partial charge in [0.25, 0.3) is 5.56 Å². The normalized spacial score (nSPS) is 13.8. The first-order chi connectivity index (χ1) is 12.4. The highest BCUT2D eigenvalue weighted by molar-refractivity contribution is 9.11. The molecule has 0 spiro atoms. The van der Waals surface area contributed by atoms with Crippen molar-refractivity contribution >= 4 is 42.6 Å². The van der Waals surface area contributed by atoms with Crippen molar-refractivity contribution in [1.82, 2.24) is 4.57 Å². The van der Waals surface area contributed by atoms with E-state index in [9.17, 15) is 19.6 Å². The van der Waals surface area contributed by atoms with E-state index in [1.807, 2.05) is 0 Å². The van der Waals surface area contributed by atoms with Crippen molar-refractivity contribution in [2.45, 2.75) is 18.9 Å². The molecule has 1 fully saturated rings. The molecule has 7 heteroatoms. The molecular formula is C19H11Br2FN2O2. The zero-order chi connectivity index (χ0) is 18.6. The highest BCUT2D eigenvalue weighted by atomic mass is 79.9. The molecular weight excluding hydrogens is 467 g/mol. The molecule has 1 aliphatic rings. The van der Waals surface area contributed by atoms with Crippen LogP contribution in [0.3, 0.4) is 0 Å². The Morgan fingerprint density at radius 2 is 2.00 bits per heavy atom. The Hall–Kier alpha value is -2.17. The minimum atomic E-state index is -0.443. The van der Waals surface area contributed by atoms with Crippen molar-refractivity contribution in [3.8, 4) is 22.9 Å². The predicted octanol–water partition coefficient (Wildman–Crippen LogP) is 5.24. The zero-order valence-corrected chi connectivity index (χ0v) is 16.4. The minimum absolute atomic E-state index is 0.0276. The van der Waals surface area contributed by atoms with Crippen LogP contribution in [0.2, 0.25) is 0 Å². The van der Waals surface area contributed by atoms with Gasteiger partial charge in [-0.2, -0.15) is 5.26 Å². The Morgan fingerprint density at radius 3 is 2.62 bits per heavy atom. The van der Waals surface area contributed by atoms with Gasteiger partial charge in [-0.1, -0.05) is 12.1 Å². The fraction of sp³-hybridized carbons (Fsp3) is 0.158. The van der Waals surface area contributed by atoms with Crippen molar-refractivity contribution in [1.29, 1.82) is 5.26 Å². The molecule has 1 heterocycles. The van der Waals surface area contributed by atoms with E-state index < -0.39 is 5.82 Å². The summed E-state index contributed by atoms with van der Waals surface area (Å²) in [5.74, 6) is -0.524. The van der Waals surface area contributed by atoms with Gasteiger partial charge in [-0.25, -0.2) is 4.39 Å². The number of aromatic hydroxyl groups is 1. The summed E-state index contributed by atoms with van der Waals surface area (Å²) in [7, 11) is 0. The van der Waals surface area contributed by atoms with E-state index in [1.165, 1.54) is 16.7 Å². The summed E-state index contributed by atoms with van der Waals surface area (Å²) in [5.41, 5.74) is 0.796. The summed E-state index contributed by atoms with van der Waals surface area (Å²) in [4.78, 5) is 13.1. The molecule has 0 amide bonds. The fourth-order valence-corrected chi connectivity index (χ4v) is 4.53. The average Bonchev–Trinajstić information content (AvgIpc) is 3.44. The molecule has 4 nitrogen and oxygen atoms in total. The Bertz CT molecular complexity index is 1180. The molecule has 1 aromatic heterocycles. The van der Waals surface area contributed by atoms with E-state index in [-0.39, 0.29) is 27.5 Å². The number of nitriles is 1. The van der Waals surface area contributed by atoms with Gasteiger partial charge < -0.3 is 5.11 Å². The monoisotopic (exact) mass is 476 g/mol. The van der Waals surface area contributed by atoms with Gasteiger partial charge in [-0.05, 0) is 68.5 Å². The maximum Gasteiger partial charge on any atom is 0.259 e. The molecule has 1 aliphatic carbocycles. The average molecular weight is 478 g/mol. The largest absolute Gasteiger partial charge is 0.506 e. The molecule has 0 aliphatic heterocycles. The first-order valence-electron chi connectivity index (χ1n) is 7.89. The van der Waals surface area contributed by atoms with Crippen LogP contribution >= 0.6 is 31.9 Å². The number of rotatable bonds is 2. The number of hydrogen-bond acceptors (Lipinski definition) is 3. The fourth-order valence-electron chi connectivity index (χ4n) is 3.21. The summed E-state index contributed by atoms with van der Waals surface area (Å²) < 4.78 is 16.0. The van der Waals surface area contributed by atoms with Crippen LogP contribution in [0.4, 0.5) is 4.39 Å². The SMILES string of the molecule is N#Cc1c(-c2cccc(F)c2)c2c(Br)c(O)c(Br)cc2c(=O)n1C1CC1. The van der Waals surface area contributed by atoms with Gasteiger partial charge in [0.15, 0.2) is 0 Å². The van der Waals surface area contributed by atoms with Gasteiger partial charge in [0, 0.05) is 17.0 Å². The summed E-state index contributed by atoms with van der Waals surface area (Å²) in [5, 5.41) is 20.9. The van der Waals surface area contributed by atoms with Crippen LogP contribution in [-0.4, -0.2) is 9.67 Å². The number of aromatic nitrogens is 1. The van der Waals surface area contributed by atoms with Crippen LogP contribution in [0.1, 0.15) is 24.6 Å². The number of halogens is 3. The molecule has 0 unspecified atom stereocenters. The Kier molecular flexibility index (Phi) is 4.13. The highest BCUT2D eigenvalue weighted by Crippen LogP contribution is 2.45. The first-order valence-corrected chi connectivity index (χ1v) is 9.47. The van der Waals surface area contributed by atoms with E-state index in [1.54, 1.807) is 18.2 Å². The lowest BCUT2D eigenvalue weighted by molar-refractivity contribution is 0.469. The lowest BCUT2D eigenvalue weighted by Crippen LogP contribution is -2.23. The van der Waals surface area contributed by atoms with Crippen molar-refractivity contribution in [3.63, 3.8) is 0 Å². The van der Waals surface area contributed by atoms with Crippen LogP contribution in [0.15, 0.2) is 44.1 Å². The molecule has 3 aromatic rings. The number of phenols is 1. The van der Waals surface area contributed by atoms with Gasteiger partial charge >= 0.3 is 0 Å². The van der Waals surface area contributed by atoms with Crippen molar-refractivity contribution in [2.75, 3.05) is 0 Å². The van der Waals surface area contributed by atoms with Gasteiger partial charge in [0.2, 0.25) is 0 Å². The first kappa shape index (κ1) is 17.3. The minimum Gasteiger partial charge on any atom is -0.506 e. The van der Waals surface area contributed by atoms with Gasteiger partial charge in [-0.3, -0.25) is 9.36 Å². The van der Waals surface area contributed by atoms with Crippen molar-refractivity contribution in [3.05, 3.63) is 61.1 Å². The maximum absolute atomic E-state index is 13.9. The number of benzene rings is 2. The van der Waals surface area contributed by atoms with Gasteiger partial charge in [0.05, 0.1) is 14.3 Å². The van der Waals surface area contributed by atoms with Crippen LogP contribution in [0, 0.1) is 17.1 Å². The second kappa shape index (κ2) is 6.22. The maximum atomic E-state index is 13.9. The molecule has 1 saturated carbocycles. The second-order valence-corrected chi connectivity index (χ2v) is 7.84. The third kappa shape index (κ3) is 2.56. The molecule has 0 atom stereocenters. The third-order valence-corrected chi connectivity index (χ3v) is 5.88. The van der Waals surface area contributed by atoms with E-state index in [2.05, 4.69) is 37.9 Å². The Morgan fingerprint density at radius 1 is 1.27 bits per heavy atom. The van der Waals surface area contributed by atoms with E-state index in [0.29, 0.717) is 26.4 Å². The highest BCUT2D eigenvalue weighted by Gasteiger charge is 2.31. The van der Waals surface area contributed by atoms with Crippen molar-refractivity contribution in [2.24, 2.45) is 0 Å². The number of hydrogen-bond donors (Lipinski definition) is 1. The van der Waals surface area contributed by atoms with E-state index in [0.717, 1.165) is 12.8 Å². The summed E-state index contributed by atoms with van der Waals surface area (Å²) >= 11 is 6.60. The van der Waals surface area contributed by atoms with Crippen molar-refractivity contribution < 1.29 is 9.50 Å². The summed E-state index contributed by atoms with van der Waals surface area (Å²) in [6.45, 7) is 0. The predicted molar refractivity (Wildman–Crippen MR) is 104 cm³/mol. The Labute approximate surface area is 164 Å². The van der Waals surface area contributed by atoms with Crippen LogP contribution in [0.25, 0.3) is 21.9 Å². The zero-order valence-electron chi connectivity index (χ0n) is 13.3. The Balaban J connectivity index is 2.28. The van der Waals surface area contributed by atoms with E-state index >= 15 is 0 Å². The standard InChI is InChI=1S/C19H11Br2FN2O2/c20-13-7-12-16(17(21)18(13)25)15(9-2-1-3-10(22)6-9)14(8-23)24(19(12)26)11-4-5-11/h1-3,6-7,11,25H,4-5H2. The summed E-state index contributed by atoms with van der Waals surface area (Å²) in [6.07, 6.45) is 1.65. The molecule has 2 aromatic carbocycles. The van der Waals surface area contributed by atoms with Crippen LogP contribution in [-0.2, 0) is 0 Å². The number of fused-ring (bicyclic) bond motifs is 1. The molecule has 4 rings (SSSR count). The molecule has 0 radical (unpaired) electrons. The lowest BCUT2D eigenvalue weighted by atomic mass is 9.96. The number of pyridine rings is 1. The van der Waals surface area contributed by atoms with Gasteiger partial charge in [0.1, 0.15) is 23.3 Å². The molecule has 1 N–H and O–H groups in total. The molecule has 26 heavy (non-hydrogen) atoms. The van der Waals surface area contributed by atoms with E-state index in [4.69, 9.17) is 0 Å². The quantitative estimate of drug-likeness (QED) is 0.548. The van der Waals surface area contributed by atoms with Crippen LogP contribution < -0.4 is 5.56 Å². The second-order valence-electron chi connectivity index (χ2n) is 6.20. The topological polar surface area (TPSA) is 66.0 Å². The molecule has 130 valence electrons. The number of nitrogens with zero attached hydrogens (tertiary/aromatic N) is 2. The van der Waals surface area contributed by atoms with Crippen LogP contribution in [0.5, 0.6) is 5.75 Å². The lowest BCUT2D eigenvalue weighted by Gasteiger charge is -2.17. The number of phenolic OH excluding ortho intramolecular Hbond substituents is 1. The smallest absolute Gasteiger partial charge is 0.259 e. The molecule has 0 bridgehead atoms.